The third-order valence-corrected chi connectivity index (χ3v) is 3.75. The fourth-order valence-corrected chi connectivity index (χ4v) is 2.47. The lowest BCUT2D eigenvalue weighted by Crippen LogP contribution is -2.54. The number of hydrogen-bond donors (Lipinski definition) is 1. The van der Waals surface area contributed by atoms with Crippen molar-refractivity contribution in [3.8, 4) is 5.75 Å². The van der Waals surface area contributed by atoms with E-state index in [1.807, 2.05) is 0 Å². The largest absolute Gasteiger partial charge is 0.497 e. The van der Waals surface area contributed by atoms with Crippen LogP contribution in [0.3, 0.4) is 0 Å². The molecular weight excluding hydrogens is 344 g/mol. The Balaban J connectivity index is 2.47. The molecule has 0 bridgehead atoms. The average molecular weight is 364 g/mol. The van der Waals surface area contributed by atoms with Crippen molar-refractivity contribution in [2.24, 2.45) is 0 Å². The van der Waals surface area contributed by atoms with Gasteiger partial charge in [-0.1, -0.05) is 12.1 Å². The Morgan fingerprint density at radius 1 is 1.15 bits per heavy atom. The van der Waals surface area contributed by atoms with Gasteiger partial charge in [-0.3, -0.25) is 0 Å². The van der Waals surface area contributed by atoms with Gasteiger partial charge in [-0.25, -0.2) is 14.4 Å². The van der Waals surface area contributed by atoms with Crippen molar-refractivity contribution in [2.75, 3.05) is 20.3 Å². The number of aliphatic hydroxyl groups is 1. The molecule has 2 rings (SSSR count). The summed E-state index contributed by atoms with van der Waals surface area (Å²) in [6.45, 7) is 3.05. The van der Waals surface area contributed by atoms with Crippen LogP contribution in [0.5, 0.6) is 5.75 Å². The molecule has 0 radical (unpaired) electrons. The van der Waals surface area contributed by atoms with Gasteiger partial charge in [-0.2, -0.15) is 0 Å². The van der Waals surface area contributed by atoms with E-state index >= 15 is 0 Å². The van der Waals surface area contributed by atoms with Crippen LogP contribution >= 0.6 is 0 Å². The highest BCUT2D eigenvalue weighted by atomic mass is 16.6. The molecule has 0 spiro atoms. The monoisotopic (exact) mass is 364 g/mol. The zero-order valence-electron chi connectivity index (χ0n) is 14.7. The van der Waals surface area contributed by atoms with E-state index in [4.69, 9.17) is 18.9 Å². The number of ether oxygens (including phenoxy) is 4. The zero-order chi connectivity index (χ0) is 19.3. The summed E-state index contributed by atoms with van der Waals surface area (Å²) in [5.74, 6) is -2.45. The molecule has 1 aromatic carbocycles. The molecule has 0 aliphatic carbocycles. The van der Waals surface area contributed by atoms with Crippen LogP contribution in [-0.2, 0) is 28.6 Å². The number of esters is 3. The second-order valence-corrected chi connectivity index (χ2v) is 5.34. The number of benzene rings is 1. The molecule has 140 valence electrons. The molecule has 1 aliphatic heterocycles. The summed E-state index contributed by atoms with van der Waals surface area (Å²) >= 11 is 0. The van der Waals surface area contributed by atoms with Crippen LogP contribution in [0.2, 0.25) is 0 Å². The average Bonchev–Trinajstić information content (AvgIpc) is 3.00. The first-order valence-electron chi connectivity index (χ1n) is 8.02. The van der Waals surface area contributed by atoms with Gasteiger partial charge in [0.15, 0.2) is 0 Å². The molecule has 2 atom stereocenters. The molecular formula is C18H20O8. The summed E-state index contributed by atoms with van der Waals surface area (Å²) in [5, 5.41) is 10.3. The van der Waals surface area contributed by atoms with Crippen LogP contribution in [0.15, 0.2) is 30.3 Å². The molecule has 8 nitrogen and oxygen atoms in total. The SMILES string of the molecule is CCOC(=O)C(O)C1(C(=O)OCC)C=C(c2ccc(OC)cc2)C(=O)O1. The van der Waals surface area contributed by atoms with E-state index in [1.54, 1.807) is 38.1 Å². The number of cyclic esters (lactones) is 1. The molecule has 1 aromatic rings. The van der Waals surface area contributed by atoms with E-state index in [-0.39, 0.29) is 18.8 Å². The van der Waals surface area contributed by atoms with E-state index in [1.165, 1.54) is 7.11 Å². The summed E-state index contributed by atoms with van der Waals surface area (Å²) in [5.41, 5.74) is -1.85. The van der Waals surface area contributed by atoms with Crippen molar-refractivity contribution < 1.29 is 38.4 Å². The quantitative estimate of drug-likeness (QED) is 0.561. The predicted molar refractivity (Wildman–Crippen MR) is 89.1 cm³/mol. The second-order valence-electron chi connectivity index (χ2n) is 5.34. The fraction of sp³-hybridized carbons (Fsp3) is 0.389. The zero-order valence-corrected chi connectivity index (χ0v) is 14.7. The Kier molecular flexibility index (Phi) is 5.99. The summed E-state index contributed by atoms with van der Waals surface area (Å²) < 4.78 is 19.8. The Hall–Kier alpha value is -2.87. The topological polar surface area (TPSA) is 108 Å². The van der Waals surface area contributed by atoms with Crippen LogP contribution < -0.4 is 4.74 Å². The number of carbonyl (C=O) groups is 3. The van der Waals surface area contributed by atoms with E-state index in [2.05, 4.69) is 0 Å². The van der Waals surface area contributed by atoms with Crippen LogP contribution in [0.1, 0.15) is 19.4 Å². The van der Waals surface area contributed by atoms with Gasteiger partial charge in [-0.05, 0) is 37.6 Å². The first kappa shape index (κ1) is 19.5. The first-order valence-corrected chi connectivity index (χ1v) is 8.02. The molecule has 0 saturated carbocycles. The highest BCUT2D eigenvalue weighted by Crippen LogP contribution is 2.35. The standard InChI is InChI=1S/C18H20O8/c1-4-24-16(21)14(19)18(17(22)25-5-2)10-13(15(20)26-18)11-6-8-12(23-3)9-7-11/h6-10,14,19H,4-5H2,1-3H3. The minimum absolute atomic E-state index is 0.0161. The van der Waals surface area contributed by atoms with Gasteiger partial charge in [0, 0.05) is 0 Å². The molecule has 8 heteroatoms. The van der Waals surface area contributed by atoms with Crippen molar-refractivity contribution in [3.63, 3.8) is 0 Å². The van der Waals surface area contributed by atoms with E-state index in [9.17, 15) is 19.5 Å². The van der Waals surface area contributed by atoms with Gasteiger partial charge in [0.05, 0.1) is 25.9 Å². The van der Waals surface area contributed by atoms with Gasteiger partial charge in [-0.15, -0.1) is 0 Å². The normalized spacial score (nSPS) is 20.0. The number of rotatable bonds is 7. The van der Waals surface area contributed by atoms with Crippen molar-refractivity contribution in [3.05, 3.63) is 35.9 Å². The van der Waals surface area contributed by atoms with E-state index in [0.717, 1.165) is 6.08 Å². The Labute approximate surface area is 150 Å². The highest BCUT2D eigenvalue weighted by Gasteiger charge is 2.57. The maximum atomic E-state index is 12.4. The van der Waals surface area contributed by atoms with Crippen LogP contribution in [0.4, 0.5) is 0 Å². The summed E-state index contributed by atoms with van der Waals surface area (Å²) in [6, 6.07) is 6.42. The lowest BCUT2D eigenvalue weighted by Gasteiger charge is -2.27. The number of methoxy groups -OCH3 is 1. The minimum Gasteiger partial charge on any atom is -0.497 e. The molecule has 0 fully saturated rings. The summed E-state index contributed by atoms with van der Waals surface area (Å²) in [4.78, 5) is 36.7. The van der Waals surface area contributed by atoms with E-state index in [0.29, 0.717) is 11.3 Å². The lowest BCUT2D eigenvalue weighted by atomic mass is 9.93. The van der Waals surface area contributed by atoms with Gasteiger partial charge >= 0.3 is 17.9 Å². The summed E-state index contributed by atoms with van der Waals surface area (Å²) in [7, 11) is 1.50. The van der Waals surface area contributed by atoms with Gasteiger partial charge in [0.25, 0.3) is 5.60 Å². The number of carbonyl (C=O) groups excluding carboxylic acids is 3. The smallest absolute Gasteiger partial charge is 0.358 e. The predicted octanol–water partition coefficient (Wildman–Crippen LogP) is 0.861. The molecule has 0 amide bonds. The number of aliphatic hydroxyl groups excluding tert-OH is 1. The van der Waals surface area contributed by atoms with Crippen LogP contribution in [-0.4, -0.2) is 55.0 Å². The Morgan fingerprint density at radius 2 is 1.77 bits per heavy atom. The molecule has 0 saturated heterocycles. The maximum Gasteiger partial charge on any atom is 0.358 e. The van der Waals surface area contributed by atoms with Gasteiger partial charge < -0.3 is 24.1 Å². The third kappa shape index (κ3) is 3.55. The van der Waals surface area contributed by atoms with Crippen LogP contribution in [0.25, 0.3) is 5.57 Å². The maximum absolute atomic E-state index is 12.4. The Bertz CT molecular complexity index is 721. The molecule has 2 unspecified atom stereocenters. The van der Waals surface area contributed by atoms with Crippen LogP contribution in [0, 0.1) is 0 Å². The van der Waals surface area contributed by atoms with Crippen molar-refractivity contribution >= 4 is 23.5 Å². The molecule has 1 heterocycles. The highest BCUT2D eigenvalue weighted by molar-refractivity contribution is 6.21. The minimum atomic E-state index is -2.30. The third-order valence-electron chi connectivity index (χ3n) is 3.75. The van der Waals surface area contributed by atoms with Gasteiger partial charge in [0.2, 0.25) is 6.10 Å². The molecule has 1 N–H and O–H groups in total. The second kappa shape index (κ2) is 8.01. The van der Waals surface area contributed by atoms with Crippen molar-refractivity contribution in [1.82, 2.24) is 0 Å². The number of hydrogen-bond acceptors (Lipinski definition) is 8. The van der Waals surface area contributed by atoms with Crippen molar-refractivity contribution in [2.45, 2.75) is 25.6 Å². The lowest BCUT2D eigenvalue weighted by molar-refractivity contribution is -0.190. The van der Waals surface area contributed by atoms with Crippen molar-refractivity contribution in [1.29, 1.82) is 0 Å². The van der Waals surface area contributed by atoms with Gasteiger partial charge in [0.1, 0.15) is 5.75 Å². The molecule has 1 aliphatic rings. The molecule has 26 heavy (non-hydrogen) atoms. The summed E-state index contributed by atoms with van der Waals surface area (Å²) in [6.07, 6.45) is -0.960. The Morgan fingerprint density at radius 3 is 2.31 bits per heavy atom. The first-order chi connectivity index (χ1) is 12.4. The molecule has 0 aromatic heterocycles. The van der Waals surface area contributed by atoms with E-state index < -0.39 is 29.6 Å². The fourth-order valence-electron chi connectivity index (χ4n) is 2.47.